The van der Waals surface area contributed by atoms with E-state index in [4.69, 9.17) is 14.9 Å². The first-order valence-corrected chi connectivity index (χ1v) is 14.0. The van der Waals surface area contributed by atoms with Gasteiger partial charge < -0.3 is 25.1 Å². The average Bonchev–Trinajstić information content (AvgIpc) is 3.61. The Hall–Kier alpha value is -3.89. The van der Waals surface area contributed by atoms with Gasteiger partial charge in [0.15, 0.2) is 11.9 Å². The molecule has 0 bridgehead atoms. The van der Waals surface area contributed by atoms with Crippen LogP contribution in [0.1, 0.15) is 63.4 Å². The number of rotatable bonds is 13. The number of benzene rings is 1. The molecular weight excluding hydrogens is 514 g/mol. The van der Waals surface area contributed by atoms with Crippen LogP contribution < -0.4 is 15.4 Å². The Kier molecular flexibility index (Phi) is 9.11. The molecule has 3 heterocycles. The van der Waals surface area contributed by atoms with Gasteiger partial charge >= 0.3 is 6.09 Å². The molecule has 0 saturated carbocycles. The molecule has 4 N–H and O–H groups in total. The first-order valence-electron chi connectivity index (χ1n) is 14.0. The number of ether oxygens (including phenoxy) is 2. The highest BCUT2D eigenvalue weighted by molar-refractivity contribution is 6.03. The van der Waals surface area contributed by atoms with E-state index >= 15 is 0 Å². The number of fused-ring (bicyclic) bond motifs is 1. The van der Waals surface area contributed by atoms with E-state index in [1.807, 2.05) is 39.0 Å². The van der Waals surface area contributed by atoms with E-state index in [9.17, 15) is 19.2 Å². The second-order valence-electron chi connectivity index (χ2n) is 11.0. The fourth-order valence-electron chi connectivity index (χ4n) is 5.56. The molecule has 216 valence electrons. The lowest BCUT2D eigenvalue weighted by atomic mass is 9.89. The van der Waals surface area contributed by atoms with Crippen molar-refractivity contribution in [1.29, 1.82) is 5.41 Å². The third-order valence-electron chi connectivity index (χ3n) is 7.55. The molecule has 4 unspecified atom stereocenters. The van der Waals surface area contributed by atoms with Gasteiger partial charge in [0.2, 0.25) is 11.8 Å². The van der Waals surface area contributed by atoms with Gasteiger partial charge in [-0.15, -0.1) is 0 Å². The summed E-state index contributed by atoms with van der Waals surface area (Å²) in [7, 11) is 1.57. The van der Waals surface area contributed by atoms with Gasteiger partial charge in [-0.3, -0.25) is 24.7 Å². The fraction of sp³-hybridized carbons (Fsp3) is 0.552. The number of cyclic esters (lactones) is 1. The summed E-state index contributed by atoms with van der Waals surface area (Å²) in [6.45, 7) is 6.73. The highest BCUT2D eigenvalue weighted by atomic mass is 16.6. The molecular formula is C29H39N5O6. The van der Waals surface area contributed by atoms with Crippen LogP contribution >= 0.6 is 0 Å². The van der Waals surface area contributed by atoms with Gasteiger partial charge in [-0.1, -0.05) is 26.8 Å². The Balaban J connectivity index is 1.55. The molecule has 11 heteroatoms. The van der Waals surface area contributed by atoms with E-state index in [1.54, 1.807) is 13.2 Å². The largest absolute Gasteiger partial charge is 0.496 e. The molecule has 2 saturated heterocycles. The normalized spacial score (nSPS) is 20.5. The van der Waals surface area contributed by atoms with Crippen molar-refractivity contribution in [1.82, 2.24) is 20.5 Å². The summed E-state index contributed by atoms with van der Waals surface area (Å²) in [5.74, 6) is -0.969. The zero-order valence-corrected chi connectivity index (χ0v) is 23.5. The van der Waals surface area contributed by atoms with E-state index in [2.05, 4.69) is 15.6 Å². The molecule has 0 aliphatic carbocycles. The minimum absolute atomic E-state index is 0.0281. The number of nitrogens with zero attached hydrogens (tertiary/aromatic N) is 1. The summed E-state index contributed by atoms with van der Waals surface area (Å²) in [5, 5.41) is 15.2. The van der Waals surface area contributed by atoms with Gasteiger partial charge in [-0.25, -0.2) is 4.79 Å². The minimum atomic E-state index is -1.01. The molecule has 4 atom stereocenters. The second-order valence-corrected chi connectivity index (χ2v) is 11.0. The fourth-order valence-corrected chi connectivity index (χ4v) is 5.56. The number of H-pyrrole nitrogens is 1. The van der Waals surface area contributed by atoms with Crippen molar-refractivity contribution >= 4 is 40.4 Å². The highest BCUT2D eigenvalue weighted by Crippen LogP contribution is 2.29. The minimum Gasteiger partial charge on any atom is -0.496 e. The SMILES string of the molecule is CCCN1C(=N)C(C(CC2CCNC2=O)NC(=O)C(CC(=O)c2cc3c(OC)cccc3[nH]2)CC(C)C)OC1=O. The van der Waals surface area contributed by atoms with Gasteiger partial charge in [0, 0.05) is 42.2 Å². The number of Topliss-reactive ketones (excluding diaryl/α,β-unsaturated/α-hetero) is 1. The van der Waals surface area contributed by atoms with Crippen molar-refractivity contribution in [3.05, 3.63) is 30.0 Å². The van der Waals surface area contributed by atoms with Crippen LogP contribution in [0.5, 0.6) is 5.75 Å². The number of methoxy groups -OCH3 is 1. The molecule has 3 amide bonds. The first kappa shape index (κ1) is 29.1. The summed E-state index contributed by atoms with van der Waals surface area (Å²) < 4.78 is 11.0. The molecule has 1 aromatic carbocycles. The summed E-state index contributed by atoms with van der Waals surface area (Å²) >= 11 is 0. The first-order chi connectivity index (χ1) is 19.1. The quantitative estimate of drug-likeness (QED) is 0.278. The maximum Gasteiger partial charge on any atom is 0.416 e. The van der Waals surface area contributed by atoms with Gasteiger partial charge in [0.25, 0.3) is 0 Å². The molecule has 2 aromatic rings. The Morgan fingerprint density at radius 3 is 2.70 bits per heavy atom. The lowest BCUT2D eigenvalue weighted by Gasteiger charge is -2.28. The van der Waals surface area contributed by atoms with E-state index in [1.165, 1.54) is 4.90 Å². The maximum atomic E-state index is 13.7. The Morgan fingerprint density at radius 2 is 2.05 bits per heavy atom. The van der Waals surface area contributed by atoms with E-state index in [-0.39, 0.29) is 48.1 Å². The topological polar surface area (TPSA) is 154 Å². The van der Waals surface area contributed by atoms with Crippen molar-refractivity contribution < 1.29 is 28.7 Å². The molecule has 11 nitrogen and oxygen atoms in total. The van der Waals surface area contributed by atoms with Crippen LogP contribution in [-0.2, 0) is 14.3 Å². The summed E-state index contributed by atoms with van der Waals surface area (Å²) in [6.07, 6.45) is 0.256. The molecule has 1 aromatic heterocycles. The highest BCUT2D eigenvalue weighted by Gasteiger charge is 2.44. The predicted octanol–water partition coefficient (Wildman–Crippen LogP) is 3.63. The monoisotopic (exact) mass is 553 g/mol. The molecule has 0 radical (unpaired) electrons. The van der Waals surface area contributed by atoms with Crippen molar-refractivity contribution in [3.8, 4) is 5.75 Å². The van der Waals surface area contributed by atoms with Gasteiger partial charge in [0.05, 0.1) is 18.8 Å². The van der Waals surface area contributed by atoms with Crippen LogP contribution in [0.3, 0.4) is 0 Å². The average molecular weight is 554 g/mol. The number of carbonyl (C=O) groups is 4. The van der Waals surface area contributed by atoms with Crippen LogP contribution in [0.4, 0.5) is 4.79 Å². The number of carbonyl (C=O) groups excluding carboxylic acids is 4. The van der Waals surface area contributed by atoms with Crippen molar-refractivity contribution in [2.24, 2.45) is 17.8 Å². The number of hydrogen-bond acceptors (Lipinski definition) is 7. The molecule has 4 rings (SSSR count). The predicted molar refractivity (Wildman–Crippen MR) is 149 cm³/mol. The number of nitrogens with one attached hydrogen (secondary N) is 4. The van der Waals surface area contributed by atoms with Gasteiger partial charge in [-0.05, 0) is 49.8 Å². The van der Waals surface area contributed by atoms with Crippen LogP contribution in [0, 0.1) is 23.2 Å². The van der Waals surface area contributed by atoms with E-state index < -0.39 is 24.2 Å². The lowest BCUT2D eigenvalue weighted by molar-refractivity contribution is -0.128. The summed E-state index contributed by atoms with van der Waals surface area (Å²) in [6, 6.07) is 6.47. The Morgan fingerprint density at radius 1 is 1.27 bits per heavy atom. The second kappa shape index (κ2) is 12.5. The Bertz CT molecular complexity index is 1290. The van der Waals surface area contributed by atoms with Crippen LogP contribution in [-0.4, -0.2) is 71.8 Å². The summed E-state index contributed by atoms with van der Waals surface area (Å²) in [5.41, 5.74) is 1.16. The van der Waals surface area contributed by atoms with Gasteiger partial charge in [0.1, 0.15) is 11.6 Å². The number of ketones is 1. The van der Waals surface area contributed by atoms with E-state index in [0.29, 0.717) is 43.8 Å². The number of amidine groups is 1. The van der Waals surface area contributed by atoms with Crippen LogP contribution in [0.25, 0.3) is 10.9 Å². The van der Waals surface area contributed by atoms with Crippen molar-refractivity contribution in [2.75, 3.05) is 20.2 Å². The smallest absolute Gasteiger partial charge is 0.416 e. The third-order valence-corrected chi connectivity index (χ3v) is 7.55. The third kappa shape index (κ3) is 6.29. The van der Waals surface area contributed by atoms with Crippen molar-refractivity contribution in [3.63, 3.8) is 0 Å². The number of hydrogen-bond donors (Lipinski definition) is 4. The zero-order chi connectivity index (χ0) is 29.0. The molecule has 2 fully saturated rings. The zero-order valence-electron chi connectivity index (χ0n) is 23.5. The number of aromatic amines is 1. The number of amides is 3. The number of aromatic nitrogens is 1. The van der Waals surface area contributed by atoms with Gasteiger partial charge in [-0.2, -0.15) is 0 Å². The van der Waals surface area contributed by atoms with Crippen LogP contribution in [0.15, 0.2) is 24.3 Å². The molecule has 2 aliphatic heterocycles. The molecule has 40 heavy (non-hydrogen) atoms. The van der Waals surface area contributed by atoms with Crippen LogP contribution in [0.2, 0.25) is 0 Å². The lowest BCUT2D eigenvalue weighted by Crippen LogP contribution is -2.50. The summed E-state index contributed by atoms with van der Waals surface area (Å²) in [4.78, 5) is 56.3. The molecule has 0 spiro atoms. The Labute approximate surface area is 233 Å². The van der Waals surface area contributed by atoms with Crippen molar-refractivity contribution in [2.45, 2.75) is 65.0 Å². The maximum absolute atomic E-state index is 13.7. The molecule has 2 aliphatic rings. The van der Waals surface area contributed by atoms with E-state index in [0.717, 1.165) is 10.9 Å². The standard InChI is InChI=1S/C29H39N5O6/c1-5-11-34-26(30)25(40-29(34)38)22(13-17-9-10-31-27(17)36)33-28(37)18(12-16(2)3)14-23(35)21-15-19-20(32-21)7-6-8-24(19)39-4/h6-8,15-18,22,25,30,32H,5,9-14H2,1-4H3,(H,31,36)(H,33,37).